The first-order valence-electron chi connectivity index (χ1n) is 4.67. The molecule has 1 aliphatic carbocycles. The van der Waals surface area contributed by atoms with Crippen LogP contribution in [0.2, 0.25) is 0 Å². The van der Waals surface area contributed by atoms with Gasteiger partial charge in [0.25, 0.3) is 0 Å². The van der Waals surface area contributed by atoms with E-state index >= 15 is 0 Å². The molecule has 0 amide bonds. The van der Waals surface area contributed by atoms with Crippen molar-refractivity contribution in [2.45, 2.75) is 31.7 Å². The van der Waals surface area contributed by atoms with E-state index < -0.39 is 0 Å². The maximum absolute atomic E-state index is 2.69. The number of hydrogen-bond acceptors (Lipinski definition) is 1. The summed E-state index contributed by atoms with van der Waals surface area (Å²) in [5.74, 6) is 2.28. The third kappa shape index (κ3) is 0.572. The van der Waals surface area contributed by atoms with E-state index in [0.29, 0.717) is 0 Å². The SMILES string of the molecule is C1C[C@@H]2CN3CC[C@H]3C[C@@H]12. The predicted molar refractivity (Wildman–Crippen MR) is 40.8 cm³/mol. The highest BCUT2D eigenvalue weighted by Crippen LogP contribution is 2.45. The van der Waals surface area contributed by atoms with Crippen molar-refractivity contribution >= 4 is 0 Å². The second kappa shape index (κ2) is 1.76. The van der Waals surface area contributed by atoms with Gasteiger partial charge < -0.3 is 0 Å². The van der Waals surface area contributed by atoms with E-state index in [2.05, 4.69) is 4.90 Å². The molecule has 56 valence electrons. The minimum Gasteiger partial charge on any atom is -0.300 e. The zero-order chi connectivity index (χ0) is 6.55. The van der Waals surface area contributed by atoms with Gasteiger partial charge in [-0.1, -0.05) is 0 Å². The molecule has 1 saturated carbocycles. The molecule has 0 unspecified atom stereocenters. The smallest absolute Gasteiger partial charge is 0.0110 e. The van der Waals surface area contributed by atoms with Crippen LogP contribution in [0, 0.1) is 11.8 Å². The van der Waals surface area contributed by atoms with E-state index in [0.717, 1.165) is 17.9 Å². The Labute approximate surface area is 62.4 Å². The van der Waals surface area contributed by atoms with Crippen LogP contribution in [0.4, 0.5) is 0 Å². The summed E-state index contributed by atoms with van der Waals surface area (Å²) in [5, 5.41) is 0. The lowest BCUT2D eigenvalue weighted by Gasteiger charge is -2.54. The Hall–Kier alpha value is -0.0400. The molecule has 1 nitrogen and oxygen atoms in total. The van der Waals surface area contributed by atoms with Crippen LogP contribution in [0.25, 0.3) is 0 Å². The van der Waals surface area contributed by atoms with Crippen molar-refractivity contribution in [1.82, 2.24) is 4.90 Å². The summed E-state index contributed by atoms with van der Waals surface area (Å²) < 4.78 is 0. The topological polar surface area (TPSA) is 3.24 Å². The average molecular weight is 137 g/mol. The first-order chi connectivity index (χ1) is 4.93. The molecule has 0 N–H and O–H groups in total. The van der Waals surface area contributed by atoms with Gasteiger partial charge in [0.2, 0.25) is 0 Å². The molecule has 3 atom stereocenters. The fraction of sp³-hybridized carbons (Fsp3) is 1.00. The maximum Gasteiger partial charge on any atom is 0.0110 e. The summed E-state index contributed by atoms with van der Waals surface area (Å²) >= 11 is 0. The minimum atomic E-state index is 1.03. The van der Waals surface area contributed by atoms with Gasteiger partial charge in [0.15, 0.2) is 0 Å². The Balaban J connectivity index is 1.74. The molecule has 10 heavy (non-hydrogen) atoms. The van der Waals surface area contributed by atoms with Crippen LogP contribution < -0.4 is 0 Å². The molecule has 0 bridgehead atoms. The van der Waals surface area contributed by atoms with Crippen molar-refractivity contribution in [3.8, 4) is 0 Å². The monoisotopic (exact) mass is 137 g/mol. The minimum absolute atomic E-state index is 1.03. The van der Waals surface area contributed by atoms with Crippen molar-refractivity contribution in [3.63, 3.8) is 0 Å². The second-order valence-corrected chi connectivity index (χ2v) is 4.27. The van der Waals surface area contributed by atoms with Gasteiger partial charge >= 0.3 is 0 Å². The van der Waals surface area contributed by atoms with Crippen LogP contribution in [0.15, 0.2) is 0 Å². The van der Waals surface area contributed by atoms with Crippen molar-refractivity contribution < 1.29 is 0 Å². The summed E-state index contributed by atoms with van der Waals surface area (Å²) in [6.07, 6.45) is 6.14. The quantitative estimate of drug-likeness (QED) is 0.489. The lowest BCUT2D eigenvalue weighted by atomic mass is 9.65. The molecular formula is C9H15N. The van der Waals surface area contributed by atoms with Gasteiger partial charge in [-0.15, -0.1) is 0 Å². The largest absolute Gasteiger partial charge is 0.300 e. The highest BCUT2D eigenvalue weighted by Gasteiger charge is 2.43. The number of fused-ring (bicyclic) bond motifs is 2. The molecule has 0 aromatic carbocycles. The van der Waals surface area contributed by atoms with Gasteiger partial charge in [-0.3, -0.25) is 4.90 Å². The molecule has 3 rings (SSSR count). The Bertz CT molecular complexity index is 121. The van der Waals surface area contributed by atoms with Gasteiger partial charge in [0.1, 0.15) is 0 Å². The van der Waals surface area contributed by atoms with Gasteiger partial charge in [-0.05, 0) is 44.1 Å². The number of hydrogen-bond donors (Lipinski definition) is 0. The molecule has 2 heterocycles. The molecule has 0 radical (unpaired) electrons. The molecule has 3 aliphatic rings. The normalized spacial score (nSPS) is 52.2. The van der Waals surface area contributed by atoms with E-state index in [1.165, 1.54) is 25.9 Å². The molecule has 1 heteroatoms. The van der Waals surface area contributed by atoms with Crippen LogP contribution in [-0.2, 0) is 0 Å². The van der Waals surface area contributed by atoms with Gasteiger partial charge in [-0.2, -0.15) is 0 Å². The average Bonchev–Trinajstić information content (AvgIpc) is 1.82. The van der Waals surface area contributed by atoms with Gasteiger partial charge in [-0.25, -0.2) is 0 Å². The lowest BCUT2D eigenvalue weighted by molar-refractivity contribution is -0.0471. The van der Waals surface area contributed by atoms with E-state index in [1.807, 2.05) is 0 Å². The Morgan fingerprint density at radius 2 is 1.90 bits per heavy atom. The molecule has 3 fully saturated rings. The number of nitrogens with zero attached hydrogens (tertiary/aromatic N) is 1. The first kappa shape index (κ1) is 5.59. The highest BCUT2D eigenvalue weighted by atomic mass is 15.2. The van der Waals surface area contributed by atoms with E-state index in [4.69, 9.17) is 0 Å². The van der Waals surface area contributed by atoms with E-state index in [9.17, 15) is 0 Å². The van der Waals surface area contributed by atoms with Gasteiger partial charge in [0.05, 0.1) is 0 Å². The van der Waals surface area contributed by atoms with Crippen molar-refractivity contribution in [1.29, 1.82) is 0 Å². The van der Waals surface area contributed by atoms with Crippen LogP contribution in [0.5, 0.6) is 0 Å². The number of rotatable bonds is 0. The second-order valence-electron chi connectivity index (χ2n) is 4.27. The van der Waals surface area contributed by atoms with E-state index in [1.54, 1.807) is 12.8 Å². The Kier molecular flexibility index (Phi) is 0.984. The van der Waals surface area contributed by atoms with Crippen LogP contribution in [-0.4, -0.2) is 24.0 Å². The van der Waals surface area contributed by atoms with Crippen LogP contribution >= 0.6 is 0 Å². The highest BCUT2D eigenvalue weighted by molar-refractivity contribution is 4.97. The molecule has 0 aromatic rings. The fourth-order valence-corrected chi connectivity index (χ4v) is 2.84. The molecule has 2 saturated heterocycles. The summed E-state index contributed by atoms with van der Waals surface area (Å²) in [7, 11) is 0. The van der Waals surface area contributed by atoms with Crippen molar-refractivity contribution in [2.24, 2.45) is 11.8 Å². The summed E-state index contributed by atoms with van der Waals surface area (Å²) in [6.45, 7) is 2.86. The van der Waals surface area contributed by atoms with Crippen LogP contribution in [0.3, 0.4) is 0 Å². The third-order valence-electron chi connectivity index (χ3n) is 3.88. The van der Waals surface area contributed by atoms with Crippen molar-refractivity contribution in [3.05, 3.63) is 0 Å². The third-order valence-corrected chi connectivity index (χ3v) is 3.88. The van der Waals surface area contributed by atoms with Gasteiger partial charge in [0, 0.05) is 12.6 Å². The summed E-state index contributed by atoms with van der Waals surface area (Å²) in [6, 6.07) is 1.03. The zero-order valence-electron chi connectivity index (χ0n) is 6.42. The molecule has 0 spiro atoms. The van der Waals surface area contributed by atoms with E-state index in [-0.39, 0.29) is 0 Å². The van der Waals surface area contributed by atoms with Crippen LogP contribution in [0.1, 0.15) is 25.7 Å². The molecular weight excluding hydrogens is 122 g/mol. The fourth-order valence-electron chi connectivity index (χ4n) is 2.84. The predicted octanol–water partition coefficient (Wildman–Crippen LogP) is 1.49. The molecule has 0 aromatic heterocycles. The lowest BCUT2D eigenvalue weighted by Crippen LogP contribution is -2.57. The maximum atomic E-state index is 2.69. The summed E-state index contributed by atoms with van der Waals surface area (Å²) in [4.78, 5) is 2.69. The van der Waals surface area contributed by atoms with Crippen molar-refractivity contribution in [2.75, 3.05) is 13.1 Å². The zero-order valence-corrected chi connectivity index (χ0v) is 6.42. The Morgan fingerprint density at radius 1 is 1.00 bits per heavy atom. The molecule has 2 aliphatic heterocycles. The first-order valence-corrected chi connectivity index (χ1v) is 4.67. The standard InChI is InChI=1S/C9H15N/c1-2-8-6-10-4-3-9(10)5-7(1)8/h7-9H,1-6H2/t7-,8-,9+/m1/s1. The summed E-state index contributed by atoms with van der Waals surface area (Å²) in [5.41, 5.74) is 0. The number of piperidine rings is 1. The Morgan fingerprint density at radius 3 is 2.40 bits per heavy atom.